The highest BCUT2D eigenvalue weighted by molar-refractivity contribution is 6.17. The highest BCUT2D eigenvalue weighted by Gasteiger charge is 2.58. The minimum Gasteiger partial charge on any atom is -0.507 e. The van der Waals surface area contributed by atoms with Crippen LogP contribution in [0.3, 0.4) is 0 Å². The second-order valence-electron chi connectivity index (χ2n) is 20.3. The molecular weight excluding hydrogens is 1170 g/mol. The molecule has 0 amide bonds. The van der Waals surface area contributed by atoms with E-state index in [4.69, 9.17) is 28.4 Å². The van der Waals surface area contributed by atoms with Crippen molar-refractivity contribution in [1.29, 1.82) is 0 Å². The Morgan fingerprint density at radius 3 is 1.37 bits per heavy atom. The van der Waals surface area contributed by atoms with E-state index in [-0.39, 0.29) is 11.6 Å². The summed E-state index contributed by atoms with van der Waals surface area (Å²) in [5, 5.41) is 228. The van der Waals surface area contributed by atoms with Crippen molar-refractivity contribution in [1.82, 2.24) is 0 Å². The molecule has 31 nitrogen and oxygen atoms in total. The molecule has 448 valence electrons. The Kier molecular flexibility index (Phi) is 12.1. The molecule has 0 aromatic heterocycles. The highest BCUT2D eigenvalue weighted by atomic mass is 16.6. The molecule has 0 spiro atoms. The van der Waals surface area contributed by atoms with Gasteiger partial charge < -0.3 is 131 Å². The van der Waals surface area contributed by atoms with Crippen LogP contribution in [0.2, 0.25) is 0 Å². The average molecular weight is 1210 g/mol. The molecule has 0 aliphatic carbocycles. The normalized spacial score (nSPS) is 20.9. The number of ether oxygens (including phenoxy) is 6. The third kappa shape index (κ3) is 7.75. The molecule has 0 unspecified atom stereocenters. The molecule has 7 atom stereocenters. The van der Waals surface area contributed by atoms with E-state index in [1.807, 2.05) is 0 Å². The zero-order chi connectivity index (χ0) is 62.7. The van der Waals surface area contributed by atoms with Crippen molar-refractivity contribution in [3.05, 3.63) is 92.5 Å². The van der Waals surface area contributed by atoms with Crippen molar-refractivity contribution in [2.24, 2.45) is 0 Å². The number of aliphatic hydroxyl groups is 1. The fraction of sp³-hybridized carbons (Fsp3) is 0.161. The third-order valence-electron chi connectivity index (χ3n) is 15.5. The Labute approximate surface area is 479 Å². The van der Waals surface area contributed by atoms with Crippen molar-refractivity contribution in [3.8, 4) is 148 Å². The number of benzene rings is 7. The predicted octanol–water partition coefficient (Wildman–Crippen LogP) is 3.28. The van der Waals surface area contributed by atoms with Crippen LogP contribution in [0, 0.1) is 0 Å². The van der Waals surface area contributed by atoms with Crippen molar-refractivity contribution in [2.45, 2.75) is 49.0 Å². The van der Waals surface area contributed by atoms with Crippen molar-refractivity contribution >= 4 is 29.8 Å². The maximum Gasteiger partial charge on any atom is 0.340 e. The molecule has 6 aliphatic heterocycles. The van der Waals surface area contributed by atoms with Crippen molar-refractivity contribution in [2.75, 3.05) is 6.61 Å². The molecular formula is C56H38O31. The summed E-state index contributed by atoms with van der Waals surface area (Å²) in [4.78, 5) is 76.2. The van der Waals surface area contributed by atoms with Gasteiger partial charge in [-0.05, 0) is 35.9 Å². The second kappa shape index (κ2) is 18.9. The Morgan fingerprint density at radius 1 is 0.345 bits per heavy atom. The highest BCUT2D eigenvalue weighted by Crippen LogP contribution is 2.64. The molecule has 6 aliphatic rings. The van der Waals surface area contributed by atoms with Gasteiger partial charge in [-0.1, -0.05) is 6.07 Å². The number of cyclic esters (lactones) is 1. The SMILES string of the molecule is O=C1OC[C@H]2OC(=O)c3cc(O)c(O)c(O)c3-c3c(O)c(O)c(O)c4c3C(=O)O[C@H]([C@@H]3OC(=O)c5c-4c(O)c(O)c(O)c5[C@H]3c3c(O)cc(O)c4c3O[C@@H](c3ccc(O)c(O)c3)[C@@H](O)C4)[C@@H]2OC(=O)c2cc(O)c(O)c(O)c2-c2c1cc(O)c(O)c2O. The molecule has 7 aromatic carbocycles. The minimum absolute atomic E-state index is 0.140. The van der Waals surface area contributed by atoms with E-state index in [1.165, 1.54) is 0 Å². The topological polar surface area (TPSA) is 545 Å². The quantitative estimate of drug-likeness (QED) is 0.0671. The number of aromatic hydroxyl groups is 19. The number of fused-ring (bicyclic) bond motifs is 8. The van der Waals surface area contributed by atoms with Crippen LogP contribution in [-0.4, -0.2) is 169 Å². The summed E-state index contributed by atoms with van der Waals surface area (Å²) in [7, 11) is 0. The zero-order valence-electron chi connectivity index (χ0n) is 42.9. The molecule has 0 radical (unpaired) electrons. The van der Waals surface area contributed by atoms with Crippen LogP contribution in [0.25, 0.3) is 33.4 Å². The second-order valence-corrected chi connectivity index (χ2v) is 20.3. The summed E-state index contributed by atoms with van der Waals surface area (Å²) in [6.45, 7) is -1.64. The predicted molar refractivity (Wildman–Crippen MR) is 276 cm³/mol. The first-order valence-electron chi connectivity index (χ1n) is 25.0. The van der Waals surface area contributed by atoms with E-state index < -0.39 is 278 Å². The van der Waals surface area contributed by atoms with E-state index in [2.05, 4.69) is 0 Å². The van der Waals surface area contributed by atoms with Crippen LogP contribution < -0.4 is 4.74 Å². The van der Waals surface area contributed by atoms with Crippen LogP contribution in [0.1, 0.15) is 86.1 Å². The molecule has 7 aromatic rings. The molecule has 6 heterocycles. The lowest BCUT2D eigenvalue weighted by Crippen LogP contribution is -2.56. The Bertz CT molecular complexity index is 4350. The van der Waals surface area contributed by atoms with E-state index in [0.29, 0.717) is 18.2 Å². The first-order chi connectivity index (χ1) is 41.0. The van der Waals surface area contributed by atoms with Gasteiger partial charge in [0.2, 0.25) is 28.7 Å². The van der Waals surface area contributed by atoms with E-state index >= 15 is 19.2 Å². The average Bonchev–Trinajstić information content (AvgIpc) is 1.29. The van der Waals surface area contributed by atoms with Gasteiger partial charge in [-0.15, -0.1) is 0 Å². The number of aliphatic hydroxyl groups excluding tert-OH is 1. The lowest BCUT2D eigenvalue weighted by atomic mass is 9.73. The summed E-state index contributed by atoms with van der Waals surface area (Å²) in [6.07, 6.45) is -15.7. The van der Waals surface area contributed by atoms with Gasteiger partial charge in [0.25, 0.3) is 0 Å². The summed E-state index contributed by atoms with van der Waals surface area (Å²) in [5.41, 5.74) is -17.4. The Balaban J connectivity index is 1.24. The van der Waals surface area contributed by atoms with Crippen LogP contribution in [0.15, 0.2) is 42.5 Å². The lowest BCUT2D eigenvalue weighted by molar-refractivity contribution is -0.135. The van der Waals surface area contributed by atoms with Crippen LogP contribution in [-0.2, 0) is 30.1 Å². The first kappa shape index (κ1) is 55.4. The number of phenolic OH excluding ortho intramolecular Hbond substituents is 19. The van der Waals surface area contributed by atoms with Gasteiger partial charge in [-0.3, -0.25) is 0 Å². The summed E-state index contributed by atoms with van der Waals surface area (Å²) in [5.74, 6) is -40.6. The molecule has 87 heavy (non-hydrogen) atoms. The number of carbonyl (C=O) groups is 5. The van der Waals surface area contributed by atoms with Crippen LogP contribution in [0.4, 0.5) is 0 Å². The largest absolute Gasteiger partial charge is 0.507 e. The molecule has 6 bridgehead atoms. The van der Waals surface area contributed by atoms with Gasteiger partial charge in [0.1, 0.15) is 30.0 Å². The molecule has 0 fully saturated rings. The van der Waals surface area contributed by atoms with Gasteiger partial charge in [0.05, 0.1) is 39.8 Å². The van der Waals surface area contributed by atoms with E-state index in [9.17, 15) is 107 Å². The van der Waals surface area contributed by atoms with Crippen LogP contribution in [0.5, 0.6) is 115 Å². The van der Waals surface area contributed by atoms with Gasteiger partial charge in [0.15, 0.2) is 93.4 Å². The standard InChI is InChI=1S/C56H38O31/c57-15-2-1-10(3-17(15)59)47-22(64)4-11-16(58)8-18(60)27(48(11)84-47)32-31-34-30(43(73)46(76)44(31)74)29-33-28(41(71)45(75)42(29)72)26-14(7-21(63)37(67)40(26)70)53(78)83-23-9-82-52(77)12-5-19(61)35(65)38(68)24(12)25-13(6-20(62)36(66)39(25)69)54(79)85-49(23)51(87-56(33)81)50(32)86-55(34)80/h1-3,5-8,22-23,32,47,49-51,57-76H,4,9H2/t22-,23+,32+,47-,49+,50+,51-/m0/s1. The molecule has 20 N–H and O–H groups in total. The van der Waals surface area contributed by atoms with Crippen molar-refractivity contribution < 1.29 is 155 Å². The number of hydrogen-bond acceptors (Lipinski definition) is 31. The molecule has 31 heteroatoms. The third-order valence-corrected chi connectivity index (χ3v) is 15.5. The maximum absolute atomic E-state index is 15.9. The van der Waals surface area contributed by atoms with Gasteiger partial charge in [0, 0.05) is 62.6 Å². The van der Waals surface area contributed by atoms with Gasteiger partial charge >= 0.3 is 29.8 Å². The zero-order valence-corrected chi connectivity index (χ0v) is 42.9. The smallest absolute Gasteiger partial charge is 0.340 e. The molecule has 0 saturated carbocycles. The summed E-state index contributed by atoms with van der Waals surface area (Å²) < 4.78 is 35.9. The lowest BCUT2D eigenvalue weighted by Gasteiger charge is -2.43. The number of carbonyl (C=O) groups excluding carboxylic acids is 5. The van der Waals surface area contributed by atoms with E-state index in [1.54, 1.807) is 0 Å². The Morgan fingerprint density at radius 2 is 0.805 bits per heavy atom. The van der Waals surface area contributed by atoms with Gasteiger partial charge in [-0.2, -0.15) is 0 Å². The number of rotatable bonds is 2. The number of hydrogen-bond donors (Lipinski definition) is 20. The Hall–Kier alpha value is -12.2. The molecule has 13 rings (SSSR count). The number of esters is 5. The summed E-state index contributed by atoms with van der Waals surface area (Å²) >= 11 is 0. The fourth-order valence-electron chi connectivity index (χ4n) is 11.6. The fourth-order valence-corrected chi connectivity index (χ4v) is 11.6. The minimum atomic E-state index is -3.01. The van der Waals surface area contributed by atoms with Crippen molar-refractivity contribution in [3.63, 3.8) is 0 Å². The molecule has 0 saturated heterocycles. The van der Waals surface area contributed by atoms with E-state index in [0.717, 1.165) is 18.2 Å². The summed E-state index contributed by atoms with van der Waals surface area (Å²) in [6, 6.07) is 4.59. The van der Waals surface area contributed by atoms with Crippen LogP contribution >= 0.6 is 0 Å². The monoisotopic (exact) mass is 1210 g/mol. The maximum atomic E-state index is 15.9. The first-order valence-corrected chi connectivity index (χ1v) is 25.0. The number of phenols is 19. The van der Waals surface area contributed by atoms with Gasteiger partial charge in [-0.25, -0.2) is 24.0 Å².